The average Bonchev–Trinajstić information content (AvgIpc) is 3.07. The first kappa shape index (κ1) is 24.9. The van der Waals surface area contributed by atoms with E-state index in [0.717, 1.165) is 49.5 Å². The molecule has 0 bridgehead atoms. The van der Waals surface area contributed by atoms with E-state index in [1.165, 1.54) is 77.7 Å². The molecular formula is C26H49NO2. The number of carbonyl (C=O) groups is 1. The fourth-order valence-corrected chi connectivity index (χ4v) is 8.48. The Bertz CT molecular complexity index is 521. The lowest BCUT2D eigenvalue weighted by Crippen LogP contribution is -2.52. The maximum atomic E-state index is 11.3. The van der Waals surface area contributed by atoms with Crippen LogP contribution in [0, 0.1) is 40.4 Å². The summed E-state index contributed by atoms with van der Waals surface area (Å²) >= 11 is 0. The van der Waals surface area contributed by atoms with Gasteiger partial charge in [-0.15, -0.1) is 0 Å². The van der Waals surface area contributed by atoms with Crippen LogP contribution in [0.5, 0.6) is 0 Å². The standard InChI is InChI=1S/C24H40O.CH5N.CH4O/c1-17(25)7-6-9-19-11-13-21-20-12-10-18-8-4-5-15-23(18,2)22(20)14-16-24(19,21)3;2*1-2/h18-22H,4-16H2,1-3H3;2H2,1H3;2H,1H3. The van der Waals surface area contributed by atoms with Gasteiger partial charge in [0.15, 0.2) is 0 Å². The van der Waals surface area contributed by atoms with Gasteiger partial charge in [-0.05, 0) is 119 Å². The summed E-state index contributed by atoms with van der Waals surface area (Å²) < 4.78 is 0. The van der Waals surface area contributed by atoms with E-state index in [1.807, 2.05) is 0 Å². The van der Waals surface area contributed by atoms with Crippen LogP contribution in [-0.2, 0) is 4.79 Å². The quantitative estimate of drug-likeness (QED) is 0.602. The topological polar surface area (TPSA) is 63.3 Å². The van der Waals surface area contributed by atoms with Crippen LogP contribution in [0.3, 0.4) is 0 Å². The second-order valence-corrected chi connectivity index (χ2v) is 10.8. The Morgan fingerprint density at radius 3 is 2.28 bits per heavy atom. The van der Waals surface area contributed by atoms with E-state index in [1.54, 1.807) is 6.92 Å². The second-order valence-electron chi connectivity index (χ2n) is 10.8. The highest BCUT2D eigenvalue weighted by molar-refractivity contribution is 5.75. The van der Waals surface area contributed by atoms with Crippen molar-refractivity contribution in [1.29, 1.82) is 0 Å². The Kier molecular flexibility index (Phi) is 9.22. The van der Waals surface area contributed by atoms with E-state index in [2.05, 4.69) is 19.6 Å². The molecule has 0 aromatic carbocycles. The first-order valence-electron chi connectivity index (χ1n) is 12.5. The van der Waals surface area contributed by atoms with Gasteiger partial charge in [-0.1, -0.05) is 26.7 Å². The fraction of sp³-hybridized carbons (Fsp3) is 0.962. The number of fused-ring (bicyclic) bond motifs is 5. The van der Waals surface area contributed by atoms with Gasteiger partial charge in [0.1, 0.15) is 5.78 Å². The van der Waals surface area contributed by atoms with E-state index in [4.69, 9.17) is 5.11 Å². The first-order valence-corrected chi connectivity index (χ1v) is 12.5. The number of Topliss-reactive ketones (excluding diaryl/α,β-unsaturated/α-hetero) is 1. The number of carbonyl (C=O) groups excluding carboxylic acids is 1. The number of ketones is 1. The first-order chi connectivity index (χ1) is 13.9. The van der Waals surface area contributed by atoms with Gasteiger partial charge >= 0.3 is 0 Å². The van der Waals surface area contributed by atoms with Gasteiger partial charge in [0, 0.05) is 13.5 Å². The molecule has 0 radical (unpaired) electrons. The SMILES string of the molecule is CC(=O)CCCC1CCC2C3CCC4CCCCC4(C)C3CCC12C.CN.CO. The summed E-state index contributed by atoms with van der Waals surface area (Å²) in [5.41, 5.74) is 5.77. The Morgan fingerprint density at radius 1 is 0.897 bits per heavy atom. The number of rotatable bonds is 4. The zero-order chi connectivity index (χ0) is 21.7. The van der Waals surface area contributed by atoms with Crippen LogP contribution in [0.15, 0.2) is 0 Å². The predicted molar refractivity (Wildman–Crippen MR) is 123 cm³/mol. The van der Waals surface area contributed by atoms with Crippen LogP contribution in [0.25, 0.3) is 0 Å². The van der Waals surface area contributed by atoms with Crippen molar-refractivity contribution in [2.75, 3.05) is 14.2 Å². The third kappa shape index (κ3) is 4.76. The molecule has 7 atom stereocenters. The molecule has 3 N–H and O–H groups in total. The van der Waals surface area contributed by atoms with Crippen LogP contribution in [-0.4, -0.2) is 25.0 Å². The summed E-state index contributed by atoms with van der Waals surface area (Å²) in [5.74, 6) is 5.37. The zero-order valence-corrected chi connectivity index (χ0v) is 20.0. The molecular weight excluding hydrogens is 358 g/mol. The summed E-state index contributed by atoms with van der Waals surface area (Å²) in [6.45, 7) is 7.10. The van der Waals surface area contributed by atoms with Gasteiger partial charge < -0.3 is 15.6 Å². The van der Waals surface area contributed by atoms with Gasteiger partial charge in [-0.2, -0.15) is 0 Å². The number of hydrogen-bond donors (Lipinski definition) is 2. The molecule has 3 nitrogen and oxygen atoms in total. The summed E-state index contributed by atoms with van der Waals surface area (Å²) in [6, 6.07) is 0. The minimum Gasteiger partial charge on any atom is -0.400 e. The third-order valence-corrected chi connectivity index (χ3v) is 9.86. The molecule has 3 heteroatoms. The molecule has 29 heavy (non-hydrogen) atoms. The molecule has 4 saturated carbocycles. The highest BCUT2D eigenvalue weighted by Crippen LogP contribution is 2.67. The van der Waals surface area contributed by atoms with Crippen LogP contribution >= 0.6 is 0 Å². The van der Waals surface area contributed by atoms with Crippen molar-refractivity contribution in [2.45, 2.75) is 104 Å². The van der Waals surface area contributed by atoms with E-state index in [-0.39, 0.29) is 0 Å². The smallest absolute Gasteiger partial charge is 0.129 e. The molecule has 0 spiro atoms. The molecule has 0 amide bonds. The zero-order valence-electron chi connectivity index (χ0n) is 20.0. The Hall–Kier alpha value is -0.410. The number of nitrogens with two attached hydrogens (primary N) is 1. The van der Waals surface area contributed by atoms with E-state index in [9.17, 15) is 4.79 Å². The van der Waals surface area contributed by atoms with Crippen LogP contribution < -0.4 is 5.73 Å². The molecule has 4 aliphatic rings. The minimum atomic E-state index is 0.381. The average molecular weight is 408 g/mol. The maximum Gasteiger partial charge on any atom is 0.129 e. The molecule has 4 fully saturated rings. The minimum absolute atomic E-state index is 0.381. The van der Waals surface area contributed by atoms with Gasteiger partial charge in [0.2, 0.25) is 0 Å². The maximum absolute atomic E-state index is 11.3. The Morgan fingerprint density at radius 2 is 1.59 bits per heavy atom. The lowest BCUT2D eigenvalue weighted by atomic mass is 9.45. The van der Waals surface area contributed by atoms with E-state index >= 15 is 0 Å². The van der Waals surface area contributed by atoms with Crippen molar-refractivity contribution in [3.63, 3.8) is 0 Å². The summed E-state index contributed by atoms with van der Waals surface area (Å²) in [6.07, 6.45) is 18.3. The molecule has 0 saturated heterocycles. The van der Waals surface area contributed by atoms with E-state index in [0.29, 0.717) is 16.6 Å². The van der Waals surface area contributed by atoms with Crippen molar-refractivity contribution in [1.82, 2.24) is 0 Å². The van der Waals surface area contributed by atoms with Crippen molar-refractivity contribution in [2.24, 2.45) is 46.2 Å². The lowest BCUT2D eigenvalue weighted by molar-refractivity contribution is -0.117. The molecule has 4 rings (SSSR count). The lowest BCUT2D eigenvalue weighted by Gasteiger charge is -2.60. The number of aliphatic hydroxyl groups excluding tert-OH is 1. The highest BCUT2D eigenvalue weighted by Gasteiger charge is 2.59. The molecule has 0 aliphatic heterocycles. The van der Waals surface area contributed by atoms with Crippen LogP contribution in [0.2, 0.25) is 0 Å². The fourth-order valence-electron chi connectivity index (χ4n) is 8.48. The Labute approximate surface area is 180 Å². The van der Waals surface area contributed by atoms with Gasteiger partial charge in [-0.25, -0.2) is 0 Å². The Balaban J connectivity index is 0.000000707. The molecule has 170 valence electrons. The largest absolute Gasteiger partial charge is 0.400 e. The molecule has 7 unspecified atom stereocenters. The number of aliphatic hydroxyl groups is 1. The summed E-state index contributed by atoms with van der Waals surface area (Å²) in [5, 5.41) is 7.00. The second kappa shape index (κ2) is 10.8. The molecule has 4 aliphatic carbocycles. The van der Waals surface area contributed by atoms with Crippen LogP contribution in [0.1, 0.15) is 104 Å². The third-order valence-electron chi connectivity index (χ3n) is 9.86. The van der Waals surface area contributed by atoms with Crippen molar-refractivity contribution in [3.05, 3.63) is 0 Å². The van der Waals surface area contributed by atoms with Crippen LogP contribution in [0.4, 0.5) is 0 Å². The number of hydrogen-bond acceptors (Lipinski definition) is 3. The summed E-state index contributed by atoms with van der Waals surface area (Å²) in [4.78, 5) is 11.3. The highest BCUT2D eigenvalue weighted by atomic mass is 16.2. The van der Waals surface area contributed by atoms with E-state index < -0.39 is 0 Å². The summed E-state index contributed by atoms with van der Waals surface area (Å²) in [7, 11) is 2.50. The van der Waals surface area contributed by atoms with Crippen molar-refractivity contribution < 1.29 is 9.90 Å². The molecule has 0 heterocycles. The normalized spacial score (nSPS) is 42.8. The van der Waals surface area contributed by atoms with Crippen molar-refractivity contribution in [3.8, 4) is 0 Å². The van der Waals surface area contributed by atoms with Gasteiger partial charge in [0.25, 0.3) is 0 Å². The van der Waals surface area contributed by atoms with Gasteiger partial charge in [-0.3, -0.25) is 0 Å². The van der Waals surface area contributed by atoms with Crippen molar-refractivity contribution >= 4 is 5.78 Å². The molecule has 0 aromatic heterocycles. The van der Waals surface area contributed by atoms with Gasteiger partial charge in [0.05, 0.1) is 0 Å². The predicted octanol–water partition coefficient (Wildman–Crippen LogP) is 5.98. The monoisotopic (exact) mass is 407 g/mol. The molecule has 0 aromatic rings.